The van der Waals surface area contributed by atoms with Gasteiger partial charge >= 0.3 is 0 Å². The van der Waals surface area contributed by atoms with E-state index >= 15 is 8.78 Å². The molecule has 4 aliphatic rings. The van der Waals surface area contributed by atoms with Crippen LogP contribution in [-0.4, -0.2) is 50.9 Å². The highest BCUT2D eigenvalue weighted by Crippen LogP contribution is 2.70. The van der Waals surface area contributed by atoms with Crippen molar-refractivity contribution < 1.29 is 33.7 Å². The maximum absolute atomic E-state index is 16.8. The minimum Gasteiger partial charge on any atom is -0.390 e. The van der Waals surface area contributed by atoms with Crippen LogP contribution in [0.15, 0.2) is 35.7 Å². The molecule has 0 saturated heterocycles. The lowest BCUT2D eigenvalue weighted by Crippen LogP contribution is -2.69. The molecular formula is C22H26F2O5. The van der Waals surface area contributed by atoms with Gasteiger partial charge in [-0.05, 0) is 49.8 Å². The lowest BCUT2D eigenvalue weighted by atomic mass is 9.46. The summed E-state index contributed by atoms with van der Waals surface area (Å²) >= 11 is 0. The number of carbonyl (C=O) groups excluding carboxylic acids is 2. The highest BCUT2D eigenvalue weighted by molar-refractivity contribution is 6.02. The van der Waals surface area contributed by atoms with Crippen molar-refractivity contribution in [2.45, 2.75) is 51.0 Å². The van der Waals surface area contributed by atoms with Gasteiger partial charge in [-0.3, -0.25) is 9.59 Å². The first-order valence-electron chi connectivity index (χ1n) is 9.94. The van der Waals surface area contributed by atoms with Crippen molar-refractivity contribution in [2.24, 2.45) is 28.6 Å². The summed E-state index contributed by atoms with van der Waals surface area (Å²) < 4.78 is 31.9. The molecule has 5 nitrogen and oxygen atoms in total. The smallest absolute Gasteiger partial charge is 0.190 e. The van der Waals surface area contributed by atoms with Crippen LogP contribution in [0.1, 0.15) is 33.6 Å². The average Bonchev–Trinajstić information content (AvgIpc) is 2.86. The highest BCUT2D eigenvalue weighted by atomic mass is 19.1. The molecule has 2 saturated carbocycles. The summed E-state index contributed by atoms with van der Waals surface area (Å²) in [6, 6.07) is 0. The number of aliphatic hydroxyl groups is 3. The van der Waals surface area contributed by atoms with Crippen LogP contribution in [0.2, 0.25) is 0 Å². The lowest BCUT2D eigenvalue weighted by molar-refractivity contribution is -0.206. The van der Waals surface area contributed by atoms with Crippen molar-refractivity contribution in [3.05, 3.63) is 35.7 Å². The zero-order valence-corrected chi connectivity index (χ0v) is 16.7. The first-order valence-corrected chi connectivity index (χ1v) is 9.94. The molecule has 0 aromatic rings. The van der Waals surface area contributed by atoms with Crippen LogP contribution in [0, 0.1) is 28.6 Å². The van der Waals surface area contributed by atoms with Gasteiger partial charge in [-0.25, -0.2) is 8.78 Å². The number of hydrogen-bond donors (Lipinski definition) is 3. The van der Waals surface area contributed by atoms with Gasteiger partial charge in [-0.2, -0.15) is 0 Å². The van der Waals surface area contributed by atoms with E-state index in [1.165, 1.54) is 19.1 Å². The standard InChI is InChI=1S/C22H26F2O5/c1-11-6-13-14-8-16(23)15-7-12(26)4-5-19(15,2)21(14,24)17(27)9-20(13,3)22(11,29)18(28)10-25/h4-5,7-8,11,13-14,17,25,27,29H,6,9-10H2,1-3H3/t11-,13-,14-,17-,19-,20-,21-,22-/m0/s1. The van der Waals surface area contributed by atoms with Crippen LogP contribution in [0.25, 0.3) is 0 Å². The molecule has 0 amide bonds. The van der Waals surface area contributed by atoms with Gasteiger partial charge in [0.05, 0.1) is 11.5 Å². The van der Waals surface area contributed by atoms with Crippen molar-refractivity contribution in [3.63, 3.8) is 0 Å². The predicted octanol–water partition coefficient (Wildman–Crippen LogP) is 1.97. The van der Waals surface area contributed by atoms with Crippen LogP contribution in [0.5, 0.6) is 0 Å². The van der Waals surface area contributed by atoms with Crippen LogP contribution in [0.4, 0.5) is 8.78 Å². The largest absolute Gasteiger partial charge is 0.390 e. The van der Waals surface area contributed by atoms with E-state index in [1.807, 2.05) is 0 Å². The molecule has 29 heavy (non-hydrogen) atoms. The van der Waals surface area contributed by atoms with Gasteiger partial charge in [0.1, 0.15) is 18.0 Å². The van der Waals surface area contributed by atoms with Crippen molar-refractivity contribution in [3.8, 4) is 0 Å². The molecule has 0 unspecified atom stereocenters. The normalized spacial score (nSPS) is 51.0. The Morgan fingerprint density at radius 3 is 2.62 bits per heavy atom. The lowest BCUT2D eigenvalue weighted by Gasteiger charge is -2.61. The van der Waals surface area contributed by atoms with Crippen LogP contribution < -0.4 is 0 Å². The number of ketones is 2. The molecule has 0 heterocycles. The Kier molecular flexibility index (Phi) is 4.20. The van der Waals surface area contributed by atoms with Crippen molar-refractivity contribution in [1.82, 2.24) is 0 Å². The number of Topliss-reactive ketones (excluding diaryl/α,β-unsaturated/α-hetero) is 1. The Bertz CT molecular complexity index is 894. The third-order valence-corrected chi connectivity index (χ3v) is 8.41. The summed E-state index contributed by atoms with van der Waals surface area (Å²) in [6.07, 6.45) is 3.07. The molecule has 0 aromatic heterocycles. The second-order valence-electron chi connectivity index (χ2n) is 9.53. The van der Waals surface area contributed by atoms with E-state index in [2.05, 4.69) is 0 Å². The number of fused-ring (bicyclic) bond motifs is 5. The van der Waals surface area contributed by atoms with E-state index < -0.39 is 70.0 Å². The Hall–Kier alpha value is -1.70. The summed E-state index contributed by atoms with van der Waals surface area (Å²) in [5.74, 6) is -4.30. The van der Waals surface area contributed by atoms with E-state index in [1.54, 1.807) is 13.8 Å². The second-order valence-corrected chi connectivity index (χ2v) is 9.53. The molecule has 0 radical (unpaired) electrons. The minimum absolute atomic E-state index is 0.0980. The van der Waals surface area contributed by atoms with E-state index in [9.17, 15) is 24.9 Å². The van der Waals surface area contributed by atoms with E-state index in [0.29, 0.717) is 0 Å². The quantitative estimate of drug-likeness (QED) is 0.650. The third-order valence-electron chi connectivity index (χ3n) is 8.41. The Balaban J connectivity index is 1.93. The van der Waals surface area contributed by atoms with E-state index in [-0.39, 0.29) is 18.4 Å². The predicted molar refractivity (Wildman–Crippen MR) is 99.9 cm³/mol. The molecule has 0 bridgehead atoms. The summed E-state index contributed by atoms with van der Waals surface area (Å²) in [7, 11) is 0. The van der Waals surface area contributed by atoms with Gasteiger partial charge in [0.25, 0.3) is 0 Å². The van der Waals surface area contributed by atoms with Crippen molar-refractivity contribution in [2.75, 3.05) is 6.61 Å². The second kappa shape index (κ2) is 5.93. The molecule has 8 atom stereocenters. The number of halogens is 2. The van der Waals surface area contributed by atoms with Gasteiger partial charge in [0, 0.05) is 16.9 Å². The van der Waals surface area contributed by atoms with Crippen molar-refractivity contribution >= 4 is 11.6 Å². The molecule has 2 fully saturated rings. The number of hydrogen-bond acceptors (Lipinski definition) is 5. The topological polar surface area (TPSA) is 94.8 Å². The Morgan fingerprint density at radius 2 is 2.00 bits per heavy atom. The van der Waals surface area contributed by atoms with Gasteiger partial charge in [-0.1, -0.05) is 19.9 Å². The fourth-order valence-corrected chi connectivity index (χ4v) is 6.79. The van der Waals surface area contributed by atoms with E-state index in [0.717, 1.165) is 12.2 Å². The summed E-state index contributed by atoms with van der Waals surface area (Å²) in [4.78, 5) is 24.3. The molecule has 4 aliphatic carbocycles. The van der Waals surface area contributed by atoms with Gasteiger partial charge < -0.3 is 15.3 Å². The van der Waals surface area contributed by atoms with Gasteiger partial charge in [0.15, 0.2) is 17.2 Å². The zero-order valence-electron chi connectivity index (χ0n) is 16.7. The first-order chi connectivity index (χ1) is 13.4. The first kappa shape index (κ1) is 20.6. The molecule has 0 aliphatic heterocycles. The van der Waals surface area contributed by atoms with Crippen LogP contribution in [0.3, 0.4) is 0 Å². The van der Waals surface area contributed by atoms with Gasteiger partial charge in [0.2, 0.25) is 0 Å². The summed E-state index contributed by atoms with van der Waals surface area (Å²) in [6.45, 7) is 3.86. The number of carbonyl (C=O) groups is 2. The zero-order chi connectivity index (χ0) is 21.6. The molecule has 158 valence electrons. The van der Waals surface area contributed by atoms with Gasteiger partial charge in [-0.15, -0.1) is 0 Å². The molecule has 0 aromatic carbocycles. The summed E-state index contributed by atoms with van der Waals surface area (Å²) in [5, 5.41) is 31.8. The fraction of sp³-hybridized carbons (Fsp3) is 0.636. The average molecular weight is 408 g/mol. The number of allylic oxidation sites excluding steroid dienone is 6. The number of alkyl halides is 1. The third kappa shape index (κ3) is 2.13. The highest BCUT2D eigenvalue weighted by Gasteiger charge is 2.75. The fourth-order valence-electron chi connectivity index (χ4n) is 6.79. The molecule has 0 spiro atoms. The summed E-state index contributed by atoms with van der Waals surface area (Å²) in [5.41, 5.74) is -7.17. The van der Waals surface area contributed by atoms with Crippen molar-refractivity contribution in [1.29, 1.82) is 0 Å². The Morgan fingerprint density at radius 1 is 1.34 bits per heavy atom. The molecular weight excluding hydrogens is 382 g/mol. The maximum atomic E-state index is 16.8. The number of rotatable bonds is 2. The Labute approximate surface area is 167 Å². The minimum atomic E-state index is -2.32. The van der Waals surface area contributed by atoms with E-state index in [4.69, 9.17) is 0 Å². The SMILES string of the molecule is C[C@H]1C[C@H]2[C@@H]3C=C(F)C4=CC(=O)C=C[C@]4(C)[C@@]3(F)[C@@H](O)C[C@]2(C)[C@@]1(O)C(=O)CO. The van der Waals surface area contributed by atoms with Crippen LogP contribution >= 0.6 is 0 Å². The van der Waals surface area contributed by atoms with Crippen LogP contribution in [-0.2, 0) is 9.59 Å². The maximum Gasteiger partial charge on any atom is 0.190 e. The number of aliphatic hydroxyl groups excluding tert-OH is 2. The monoisotopic (exact) mass is 408 g/mol. The molecule has 4 rings (SSSR count). The molecule has 3 N–H and O–H groups in total. The molecule has 7 heteroatoms.